The quantitative estimate of drug-likeness (QED) is 0.177. The summed E-state index contributed by atoms with van der Waals surface area (Å²) in [7, 11) is 1.09. The molecule has 2 rings (SSSR count). The van der Waals surface area contributed by atoms with Gasteiger partial charge in [0.05, 0.1) is 7.11 Å². The van der Waals surface area contributed by atoms with E-state index in [4.69, 9.17) is 33.2 Å². The fourth-order valence-electron chi connectivity index (χ4n) is 4.10. The van der Waals surface area contributed by atoms with E-state index < -0.39 is 72.1 Å². The van der Waals surface area contributed by atoms with Crippen molar-refractivity contribution < 1.29 is 66.7 Å². The molecule has 0 aliphatic heterocycles. The van der Waals surface area contributed by atoms with Crippen molar-refractivity contribution >= 4 is 47.9 Å². The van der Waals surface area contributed by atoms with E-state index in [0.29, 0.717) is 5.56 Å². The summed E-state index contributed by atoms with van der Waals surface area (Å²) in [5.41, 5.74) is 0.342. The number of ether oxygens (including phenoxy) is 7. The van der Waals surface area contributed by atoms with Crippen LogP contribution < -0.4 is 9.47 Å². The largest absolute Gasteiger partial charge is 0.469 e. The average Bonchev–Trinajstić information content (AvgIpc) is 2.85. The summed E-state index contributed by atoms with van der Waals surface area (Å²) in [5, 5.41) is 0. The summed E-state index contributed by atoms with van der Waals surface area (Å²) < 4.78 is 36.2. The maximum atomic E-state index is 12.8. The predicted octanol–water partition coefficient (Wildman–Crippen LogP) is 1.45. The first-order valence-corrected chi connectivity index (χ1v) is 12.2. The van der Waals surface area contributed by atoms with E-state index >= 15 is 0 Å². The molecule has 0 unspecified atom stereocenters. The fourth-order valence-corrected chi connectivity index (χ4v) is 4.10. The van der Waals surface area contributed by atoms with Crippen LogP contribution in [0.3, 0.4) is 0 Å². The van der Waals surface area contributed by atoms with Crippen molar-refractivity contribution in [3.05, 3.63) is 29.8 Å². The molecular weight excluding hydrogens is 548 g/mol. The lowest BCUT2D eigenvalue weighted by atomic mass is 9.80. The molecule has 0 radical (unpaired) electrons. The molecule has 222 valence electrons. The Balaban J connectivity index is 2.39. The first-order chi connectivity index (χ1) is 19.2. The standard InChI is InChI=1S/C27H30O14/c1-13(28)36-20-9-7-18(11-21(20)37-14(2)29)8-10-23(33)41-22-12-19(27(34)35-6)24(38-15(3)30)26(40-17(5)32)25(22)39-16(4)31/h7-11,19,22,24-26H,12H2,1-6H3/t19-,22-,24+,25-,26+/m0/s1. The molecule has 0 bridgehead atoms. The first-order valence-electron chi connectivity index (χ1n) is 12.2. The SMILES string of the molecule is COC(=O)[C@H]1C[C@H](OC(=O)C=Cc2ccc(OC(C)=O)c(OC(C)=O)c2)[C@H](OC(C)=O)[C@H](OC(C)=O)[C@@H]1OC(C)=O. The number of carbonyl (C=O) groups excluding carboxylic acids is 7. The molecule has 1 fully saturated rings. The van der Waals surface area contributed by atoms with Crippen LogP contribution in [-0.4, -0.2) is 73.3 Å². The highest BCUT2D eigenvalue weighted by molar-refractivity contribution is 5.87. The summed E-state index contributed by atoms with van der Waals surface area (Å²) in [6.07, 6.45) is -3.73. The molecule has 14 nitrogen and oxygen atoms in total. The van der Waals surface area contributed by atoms with Crippen molar-refractivity contribution in [1.29, 1.82) is 0 Å². The second-order valence-corrected chi connectivity index (χ2v) is 8.79. The molecule has 0 saturated heterocycles. The van der Waals surface area contributed by atoms with Crippen molar-refractivity contribution in [2.45, 2.75) is 65.5 Å². The van der Waals surface area contributed by atoms with Crippen LogP contribution in [0, 0.1) is 5.92 Å². The molecule has 0 amide bonds. The van der Waals surface area contributed by atoms with Gasteiger partial charge in [0.25, 0.3) is 0 Å². The zero-order valence-electron chi connectivity index (χ0n) is 23.2. The summed E-state index contributed by atoms with van der Waals surface area (Å²) in [6.45, 7) is 5.51. The topological polar surface area (TPSA) is 184 Å². The molecule has 1 aliphatic carbocycles. The Kier molecular flexibility index (Phi) is 11.5. The van der Waals surface area contributed by atoms with Gasteiger partial charge in [0.15, 0.2) is 29.8 Å². The van der Waals surface area contributed by atoms with E-state index in [0.717, 1.165) is 40.9 Å². The van der Waals surface area contributed by atoms with Crippen LogP contribution in [0.2, 0.25) is 0 Å². The third kappa shape index (κ3) is 9.74. The molecule has 0 aromatic heterocycles. The molecule has 0 N–H and O–H groups in total. The molecule has 0 heterocycles. The molecule has 1 aromatic carbocycles. The Labute approximate surface area is 234 Å². The lowest BCUT2D eigenvalue weighted by molar-refractivity contribution is -0.220. The minimum Gasteiger partial charge on any atom is -0.469 e. The Morgan fingerprint density at radius 2 is 1.22 bits per heavy atom. The second kappa shape index (κ2) is 14.6. The molecule has 41 heavy (non-hydrogen) atoms. The van der Waals surface area contributed by atoms with Gasteiger partial charge in [0.2, 0.25) is 0 Å². The molecule has 1 aromatic rings. The van der Waals surface area contributed by atoms with Gasteiger partial charge in [-0.05, 0) is 23.8 Å². The maximum Gasteiger partial charge on any atom is 0.331 e. The van der Waals surface area contributed by atoms with Gasteiger partial charge in [-0.1, -0.05) is 6.07 Å². The minimum atomic E-state index is -1.51. The number of rotatable bonds is 9. The van der Waals surface area contributed by atoms with Gasteiger partial charge in [-0.25, -0.2) is 4.79 Å². The number of benzene rings is 1. The van der Waals surface area contributed by atoms with Crippen LogP contribution in [0.1, 0.15) is 46.6 Å². The van der Waals surface area contributed by atoms with Crippen LogP contribution in [0.25, 0.3) is 6.08 Å². The van der Waals surface area contributed by atoms with Crippen LogP contribution in [0.15, 0.2) is 24.3 Å². The van der Waals surface area contributed by atoms with E-state index in [2.05, 4.69) is 0 Å². The highest BCUT2D eigenvalue weighted by Crippen LogP contribution is 2.35. The van der Waals surface area contributed by atoms with Crippen molar-refractivity contribution in [1.82, 2.24) is 0 Å². The van der Waals surface area contributed by atoms with E-state index in [9.17, 15) is 33.6 Å². The van der Waals surface area contributed by atoms with Crippen LogP contribution in [-0.2, 0) is 57.2 Å². The first kappa shape index (κ1) is 32.5. The van der Waals surface area contributed by atoms with Crippen LogP contribution >= 0.6 is 0 Å². The number of hydrogen-bond donors (Lipinski definition) is 0. The summed E-state index contributed by atoms with van der Waals surface area (Å²) in [6, 6.07) is 4.15. The highest BCUT2D eigenvalue weighted by atomic mass is 16.6. The zero-order valence-corrected chi connectivity index (χ0v) is 23.2. The number of hydrogen-bond acceptors (Lipinski definition) is 14. The van der Waals surface area contributed by atoms with Gasteiger partial charge in [-0.15, -0.1) is 0 Å². The lowest BCUT2D eigenvalue weighted by Gasteiger charge is -2.43. The molecule has 0 spiro atoms. The van der Waals surface area contributed by atoms with Crippen molar-refractivity contribution in [3.63, 3.8) is 0 Å². The predicted molar refractivity (Wildman–Crippen MR) is 135 cm³/mol. The molecule has 5 atom stereocenters. The van der Waals surface area contributed by atoms with Gasteiger partial charge in [0, 0.05) is 47.1 Å². The molecule has 14 heteroatoms. The maximum absolute atomic E-state index is 12.8. The number of carbonyl (C=O) groups is 7. The second-order valence-electron chi connectivity index (χ2n) is 8.79. The molecular formula is C27H30O14. The fraction of sp³-hybridized carbons (Fsp3) is 0.444. The highest BCUT2D eigenvalue weighted by Gasteiger charge is 2.54. The Bertz CT molecular complexity index is 1230. The van der Waals surface area contributed by atoms with Crippen molar-refractivity contribution in [3.8, 4) is 11.5 Å². The zero-order chi connectivity index (χ0) is 30.9. The molecule has 1 aliphatic rings. The van der Waals surface area contributed by atoms with E-state index in [1.807, 2.05) is 0 Å². The van der Waals surface area contributed by atoms with E-state index in [1.165, 1.54) is 31.2 Å². The van der Waals surface area contributed by atoms with E-state index in [1.54, 1.807) is 0 Å². The van der Waals surface area contributed by atoms with Gasteiger partial charge in [-0.3, -0.25) is 28.8 Å². The Hall–Kier alpha value is -4.75. The lowest BCUT2D eigenvalue weighted by Crippen LogP contribution is -2.60. The smallest absolute Gasteiger partial charge is 0.331 e. The minimum absolute atomic E-state index is 0.0217. The van der Waals surface area contributed by atoms with Crippen molar-refractivity contribution in [2.75, 3.05) is 7.11 Å². The van der Waals surface area contributed by atoms with Crippen molar-refractivity contribution in [2.24, 2.45) is 5.92 Å². The number of methoxy groups -OCH3 is 1. The molecule has 1 saturated carbocycles. The monoisotopic (exact) mass is 578 g/mol. The van der Waals surface area contributed by atoms with Crippen LogP contribution in [0.5, 0.6) is 11.5 Å². The average molecular weight is 579 g/mol. The van der Waals surface area contributed by atoms with E-state index in [-0.39, 0.29) is 17.9 Å². The summed E-state index contributed by atoms with van der Waals surface area (Å²) >= 11 is 0. The Morgan fingerprint density at radius 3 is 1.76 bits per heavy atom. The summed E-state index contributed by atoms with van der Waals surface area (Å²) in [4.78, 5) is 83.8. The third-order valence-corrected chi connectivity index (χ3v) is 5.46. The third-order valence-electron chi connectivity index (χ3n) is 5.46. The van der Waals surface area contributed by atoms with Crippen LogP contribution in [0.4, 0.5) is 0 Å². The van der Waals surface area contributed by atoms with Gasteiger partial charge >= 0.3 is 41.8 Å². The number of esters is 7. The van der Waals surface area contributed by atoms with Gasteiger partial charge in [0.1, 0.15) is 12.0 Å². The van der Waals surface area contributed by atoms with Gasteiger partial charge in [-0.2, -0.15) is 0 Å². The Morgan fingerprint density at radius 1 is 0.683 bits per heavy atom. The normalized spacial score (nSPS) is 21.7. The summed E-state index contributed by atoms with van der Waals surface area (Å²) in [5.74, 6) is -6.96. The van der Waals surface area contributed by atoms with Gasteiger partial charge < -0.3 is 33.2 Å².